The van der Waals surface area contributed by atoms with Crippen LogP contribution in [-0.2, 0) is 0 Å². The molecule has 0 radical (unpaired) electrons. The number of alkyl halides is 3. The number of nitrogens with two attached hydrogens (primary N) is 1. The van der Waals surface area contributed by atoms with E-state index >= 15 is 0 Å². The standard InChI is InChI=1S/C12H17F3N2O/c1-17(9-12(13,14)15)6-3-7-18-11-5-2-4-10(16)8-11/h2,4-5,8H,3,6-7,9,16H2,1H3. The lowest BCUT2D eigenvalue weighted by atomic mass is 10.3. The number of nitrogens with zero attached hydrogens (tertiary/aromatic N) is 1. The first kappa shape index (κ1) is 14.6. The minimum Gasteiger partial charge on any atom is -0.493 e. The fourth-order valence-electron chi connectivity index (χ4n) is 1.51. The van der Waals surface area contributed by atoms with E-state index in [0.29, 0.717) is 31.0 Å². The molecule has 3 nitrogen and oxygen atoms in total. The van der Waals surface area contributed by atoms with E-state index in [-0.39, 0.29) is 0 Å². The summed E-state index contributed by atoms with van der Waals surface area (Å²) >= 11 is 0. The van der Waals surface area contributed by atoms with Crippen LogP contribution in [0.25, 0.3) is 0 Å². The number of benzene rings is 1. The van der Waals surface area contributed by atoms with Gasteiger partial charge < -0.3 is 10.5 Å². The second kappa shape index (κ2) is 6.49. The van der Waals surface area contributed by atoms with Crippen LogP contribution >= 0.6 is 0 Å². The molecule has 1 rings (SSSR count). The summed E-state index contributed by atoms with van der Waals surface area (Å²) in [5.74, 6) is 0.633. The summed E-state index contributed by atoms with van der Waals surface area (Å²) in [7, 11) is 1.44. The molecule has 1 aromatic carbocycles. The highest BCUT2D eigenvalue weighted by molar-refractivity contribution is 5.43. The number of hydrogen-bond donors (Lipinski definition) is 1. The Balaban J connectivity index is 2.19. The summed E-state index contributed by atoms with van der Waals surface area (Å²) in [4.78, 5) is 1.22. The minimum absolute atomic E-state index is 0.335. The molecule has 2 N–H and O–H groups in total. The lowest BCUT2D eigenvalue weighted by molar-refractivity contribution is -0.143. The summed E-state index contributed by atoms with van der Waals surface area (Å²) in [5, 5.41) is 0. The van der Waals surface area contributed by atoms with Gasteiger partial charge in [0, 0.05) is 18.3 Å². The lowest BCUT2D eigenvalue weighted by Gasteiger charge is -2.18. The van der Waals surface area contributed by atoms with Gasteiger partial charge in [-0.05, 0) is 25.6 Å². The zero-order valence-corrected chi connectivity index (χ0v) is 10.2. The van der Waals surface area contributed by atoms with Crippen LogP contribution < -0.4 is 10.5 Å². The fraction of sp³-hybridized carbons (Fsp3) is 0.500. The van der Waals surface area contributed by atoms with Crippen molar-refractivity contribution in [1.29, 1.82) is 0 Å². The molecule has 0 heterocycles. The van der Waals surface area contributed by atoms with E-state index in [9.17, 15) is 13.2 Å². The van der Waals surface area contributed by atoms with E-state index in [1.54, 1.807) is 24.3 Å². The molecule has 0 amide bonds. The second-order valence-electron chi connectivity index (χ2n) is 4.13. The normalized spacial score (nSPS) is 11.8. The van der Waals surface area contributed by atoms with Crippen LogP contribution in [0.2, 0.25) is 0 Å². The number of halogens is 3. The maximum Gasteiger partial charge on any atom is 0.401 e. The number of anilines is 1. The molecular weight excluding hydrogens is 245 g/mol. The van der Waals surface area contributed by atoms with E-state index in [0.717, 1.165) is 0 Å². The van der Waals surface area contributed by atoms with Crippen LogP contribution in [0.15, 0.2) is 24.3 Å². The van der Waals surface area contributed by atoms with Crippen molar-refractivity contribution in [1.82, 2.24) is 4.90 Å². The summed E-state index contributed by atoms with van der Waals surface area (Å²) < 4.78 is 41.5. The van der Waals surface area contributed by atoms with Crippen molar-refractivity contribution in [3.8, 4) is 5.75 Å². The molecule has 0 aliphatic heterocycles. The summed E-state index contributed by atoms with van der Waals surface area (Å²) in [6.45, 7) is -0.196. The van der Waals surface area contributed by atoms with Crippen molar-refractivity contribution in [2.45, 2.75) is 12.6 Å². The van der Waals surface area contributed by atoms with Gasteiger partial charge in [0.15, 0.2) is 0 Å². The Kier molecular flexibility index (Phi) is 5.27. The molecular formula is C12H17F3N2O. The van der Waals surface area contributed by atoms with Gasteiger partial charge in [0.2, 0.25) is 0 Å². The van der Waals surface area contributed by atoms with Crippen LogP contribution in [0.3, 0.4) is 0 Å². The Bertz CT molecular complexity index is 369. The monoisotopic (exact) mass is 262 g/mol. The SMILES string of the molecule is CN(CCCOc1cccc(N)c1)CC(F)(F)F. The van der Waals surface area contributed by atoms with Crippen LogP contribution in [0.5, 0.6) is 5.75 Å². The first-order valence-corrected chi connectivity index (χ1v) is 5.60. The van der Waals surface area contributed by atoms with Gasteiger partial charge in [-0.2, -0.15) is 13.2 Å². The lowest BCUT2D eigenvalue weighted by Crippen LogP contribution is -2.32. The van der Waals surface area contributed by atoms with Gasteiger partial charge in [-0.25, -0.2) is 0 Å². The highest BCUT2D eigenvalue weighted by atomic mass is 19.4. The predicted octanol–water partition coefficient (Wildman–Crippen LogP) is 2.53. The largest absolute Gasteiger partial charge is 0.493 e. The zero-order chi connectivity index (χ0) is 13.6. The Morgan fingerprint density at radius 3 is 2.67 bits per heavy atom. The van der Waals surface area contributed by atoms with Gasteiger partial charge >= 0.3 is 6.18 Å². The van der Waals surface area contributed by atoms with E-state index < -0.39 is 12.7 Å². The van der Waals surface area contributed by atoms with Crippen LogP contribution in [-0.4, -0.2) is 37.8 Å². The van der Waals surface area contributed by atoms with Crippen molar-refractivity contribution in [3.63, 3.8) is 0 Å². The van der Waals surface area contributed by atoms with Crippen LogP contribution in [0.4, 0.5) is 18.9 Å². The molecule has 6 heteroatoms. The molecule has 0 bridgehead atoms. The summed E-state index contributed by atoms with van der Waals surface area (Å²) in [6.07, 6.45) is -3.62. The molecule has 0 atom stereocenters. The topological polar surface area (TPSA) is 38.5 Å². The third kappa shape index (κ3) is 6.34. The molecule has 1 aromatic rings. The first-order chi connectivity index (χ1) is 8.37. The Labute approximate surface area is 104 Å². The predicted molar refractivity (Wildman–Crippen MR) is 64.5 cm³/mol. The molecule has 0 saturated heterocycles. The first-order valence-electron chi connectivity index (χ1n) is 5.60. The van der Waals surface area contributed by atoms with E-state index in [1.807, 2.05) is 0 Å². The maximum absolute atomic E-state index is 12.0. The van der Waals surface area contributed by atoms with Gasteiger partial charge in [0.25, 0.3) is 0 Å². The van der Waals surface area contributed by atoms with Gasteiger partial charge in [-0.3, -0.25) is 4.90 Å². The van der Waals surface area contributed by atoms with Gasteiger partial charge in [0.05, 0.1) is 13.2 Å². The van der Waals surface area contributed by atoms with Gasteiger partial charge in [-0.15, -0.1) is 0 Å². The average Bonchev–Trinajstić information content (AvgIpc) is 2.22. The molecule has 0 saturated carbocycles. The molecule has 0 aliphatic carbocycles. The van der Waals surface area contributed by atoms with E-state index in [4.69, 9.17) is 10.5 Å². The van der Waals surface area contributed by atoms with Crippen LogP contribution in [0.1, 0.15) is 6.42 Å². The third-order valence-corrected chi connectivity index (χ3v) is 2.26. The van der Waals surface area contributed by atoms with Crippen molar-refractivity contribution in [2.75, 3.05) is 32.5 Å². The van der Waals surface area contributed by atoms with Crippen molar-refractivity contribution < 1.29 is 17.9 Å². The molecule has 18 heavy (non-hydrogen) atoms. The minimum atomic E-state index is -4.15. The smallest absolute Gasteiger partial charge is 0.401 e. The number of hydrogen-bond acceptors (Lipinski definition) is 3. The number of ether oxygens (including phenoxy) is 1. The third-order valence-electron chi connectivity index (χ3n) is 2.26. The maximum atomic E-state index is 12.0. The van der Waals surface area contributed by atoms with Crippen LogP contribution in [0, 0.1) is 0 Å². The molecule has 0 unspecified atom stereocenters. The van der Waals surface area contributed by atoms with E-state index in [2.05, 4.69) is 0 Å². The zero-order valence-electron chi connectivity index (χ0n) is 10.2. The van der Waals surface area contributed by atoms with Gasteiger partial charge in [-0.1, -0.05) is 6.07 Å². The second-order valence-corrected chi connectivity index (χ2v) is 4.13. The summed E-state index contributed by atoms with van der Waals surface area (Å²) in [5.41, 5.74) is 6.17. The summed E-state index contributed by atoms with van der Waals surface area (Å²) in [6, 6.07) is 6.94. The molecule has 0 aromatic heterocycles. The van der Waals surface area contributed by atoms with Crippen molar-refractivity contribution in [3.05, 3.63) is 24.3 Å². The highest BCUT2D eigenvalue weighted by Crippen LogP contribution is 2.16. The Morgan fingerprint density at radius 1 is 1.33 bits per heavy atom. The van der Waals surface area contributed by atoms with Crippen molar-refractivity contribution >= 4 is 5.69 Å². The van der Waals surface area contributed by atoms with E-state index in [1.165, 1.54) is 11.9 Å². The molecule has 0 aliphatic rings. The molecule has 102 valence electrons. The Morgan fingerprint density at radius 2 is 2.06 bits per heavy atom. The number of rotatable bonds is 6. The number of nitrogen functional groups attached to an aromatic ring is 1. The highest BCUT2D eigenvalue weighted by Gasteiger charge is 2.28. The fourth-order valence-corrected chi connectivity index (χ4v) is 1.51. The Hall–Kier alpha value is -1.43. The quantitative estimate of drug-likeness (QED) is 0.632. The van der Waals surface area contributed by atoms with Gasteiger partial charge in [0.1, 0.15) is 5.75 Å². The average molecular weight is 262 g/mol. The van der Waals surface area contributed by atoms with Crippen molar-refractivity contribution in [2.24, 2.45) is 0 Å². The molecule has 0 spiro atoms. The molecule has 0 fully saturated rings.